The van der Waals surface area contributed by atoms with E-state index in [2.05, 4.69) is 45.1 Å². The van der Waals surface area contributed by atoms with Gasteiger partial charge in [-0.1, -0.05) is 18.2 Å². The molecular weight excluding hydrogens is 338 g/mol. The number of hydrogen-bond acceptors (Lipinski definition) is 6. The van der Waals surface area contributed by atoms with Crippen molar-refractivity contribution in [3.63, 3.8) is 0 Å². The van der Waals surface area contributed by atoms with E-state index in [0.29, 0.717) is 18.4 Å². The summed E-state index contributed by atoms with van der Waals surface area (Å²) in [6, 6.07) is 11.0. The Kier molecular flexibility index (Phi) is 3.67. The number of para-hydroxylation sites is 1. The molecule has 0 aliphatic carbocycles. The molecule has 3 aromatic heterocycles. The van der Waals surface area contributed by atoms with Crippen molar-refractivity contribution < 1.29 is 0 Å². The fourth-order valence-corrected chi connectivity index (χ4v) is 3.95. The topological polar surface area (TPSA) is 85.8 Å². The first-order chi connectivity index (χ1) is 13.2. The van der Waals surface area contributed by atoms with Crippen molar-refractivity contribution in [3.8, 4) is 0 Å². The highest BCUT2D eigenvalue weighted by molar-refractivity contribution is 5.85. The molecule has 1 atom stereocenters. The van der Waals surface area contributed by atoms with Crippen molar-refractivity contribution in [3.05, 3.63) is 48.4 Å². The average Bonchev–Trinajstić information content (AvgIpc) is 3.29. The third-order valence-electron chi connectivity index (χ3n) is 5.39. The molecular formula is C20H21N7. The Balaban J connectivity index is 1.65. The van der Waals surface area contributed by atoms with Crippen LogP contribution in [0.15, 0.2) is 42.9 Å². The van der Waals surface area contributed by atoms with Gasteiger partial charge in [0.05, 0.1) is 23.6 Å². The van der Waals surface area contributed by atoms with Gasteiger partial charge in [-0.3, -0.25) is 0 Å². The number of rotatable bonds is 3. The Morgan fingerprint density at radius 1 is 1.22 bits per heavy atom. The quantitative estimate of drug-likeness (QED) is 0.605. The van der Waals surface area contributed by atoms with Crippen LogP contribution in [0, 0.1) is 0 Å². The van der Waals surface area contributed by atoms with Gasteiger partial charge < -0.3 is 10.6 Å². The fourth-order valence-electron chi connectivity index (χ4n) is 3.95. The van der Waals surface area contributed by atoms with Gasteiger partial charge in [0.2, 0.25) is 0 Å². The molecule has 0 saturated carbocycles. The van der Waals surface area contributed by atoms with E-state index in [9.17, 15) is 0 Å². The summed E-state index contributed by atoms with van der Waals surface area (Å²) in [6.07, 6.45) is 5.61. The molecule has 4 heterocycles. The third-order valence-corrected chi connectivity index (χ3v) is 5.39. The molecule has 0 amide bonds. The molecule has 0 bridgehead atoms. The van der Waals surface area contributed by atoms with Crippen molar-refractivity contribution in [2.75, 3.05) is 17.2 Å². The number of fused-ring (bicyclic) bond motifs is 2. The fraction of sp³-hybridized carbons (Fsp3) is 0.300. The molecule has 1 aliphatic heterocycles. The van der Waals surface area contributed by atoms with E-state index in [0.717, 1.165) is 39.9 Å². The second kappa shape index (κ2) is 6.19. The lowest BCUT2D eigenvalue weighted by Gasteiger charge is -2.25. The molecule has 0 spiro atoms. The SMILES string of the molecule is CC1CCCN1c1nc2ccccc2cc1Cn1ncc2c(N)ncnc21. The maximum Gasteiger partial charge on any atom is 0.163 e. The Morgan fingerprint density at radius 3 is 2.96 bits per heavy atom. The number of hydrogen-bond donors (Lipinski definition) is 1. The smallest absolute Gasteiger partial charge is 0.163 e. The third kappa shape index (κ3) is 2.66. The van der Waals surface area contributed by atoms with E-state index in [1.807, 2.05) is 16.8 Å². The first-order valence-electron chi connectivity index (χ1n) is 9.28. The minimum Gasteiger partial charge on any atom is -0.383 e. The van der Waals surface area contributed by atoms with E-state index in [4.69, 9.17) is 10.7 Å². The molecule has 27 heavy (non-hydrogen) atoms. The number of benzene rings is 1. The van der Waals surface area contributed by atoms with Gasteiger partial charge in [0.15, 0.2) is 5.65 Å². The molecule has 4 aromatic rings. The van der Waals surface area contributed by atoms with Gasteiger partial charge in [-0.05, 0) is 31.9 Å². The molecule has 1 fully saturated rings. The average molecular weight is 359 g/mol. The lowest BCUT2D eigenvalue weighted by atomic mass is 10.1. The number of nitrogen functional groups attached to an aromatic ring is 1. The van der Waals surface area contributed by atoms with Gasteiger partial charge in [-0.15, -0.1) is 0 Å². The van der Waals surface area contributed by atoms with Crippen LogP contribution in [0.1, 0.15) is 25.3 Å². The van der Waals surface area contributed by atoms with Crippen molar-refractivity contribution >= 4 is 33.6 Å². The van der Waals surface area contributed by atoms with Crippen LogP contribution in [-0.2, 0) is 6.54 Å². The molecule has 1 saturated heterocycles. The highest BCUT2D eigenvalue weighted by Crippen LogP contribution is 2.30. The van der Waals surface area contributed by atoms with E-state index < -0.39 is 0 Å². The summed E-state index contributed by atoms with van der Waals surface area (Å²) < 4.78 is 1.88. The van der Waals surface area contributed by atoms with Crippen LogP contribution in [0.5, 0.6) is 0 Å². The van der Waals surface area contributed by atoms with Gasteiger partial charge in [-0.25, -0.2) is 19.6 Å². The van der Waals surface area contributed by atoms with E-state index >= 15 is 0 Å². The summed E-state index contributed by atoms with van der Waals surface area (Å²) in [6.45, 7) is 3.90. The Bertz CT molecular complexity index is 1130. The number of aromatic nitrogens is 5. The van der Waals surface area contributed by atoms with E-state index in [1.54, 1.807) is 6.20 Å². The molecule has 7 nitrogen and oxygen atoms in total. The largest absolute Gasteiger partial charge is 0.383 e. The monoisotopic (exact) mass is 359 g/mol. The second-order valence-corrected chi connectivity index (χ2v) is 7.15. The van der Waals surface area contributed by atoms with Crippen molar-refractivity contribution in [2.24, 2.45) is 0 Å². The normalized spacial score (nSPS) is 17.2. The van der Waals surface area contributed by atoms with Crippen molar-refractivity contribution in [2.45, 2.75) is 32.4 Å². The van der Waals surface area contributed by atoms with Gasteiger partial charge in [0, 0.05) is 23.5 Å². The zero-order valence-corrected chi connectivity index (χ0v) is 15.2. The standard InChI is InChI=1S/C20H21N7/c1-13-5-4-8-26(13)19-15(9-14-6-2-3-7-17(14)25-19)11-27-20-16(10-24-27)18(21)22-12-23-20/h2-3,6-7,9-10,12-13H,4-5,8,11H2,1H3,(H2,21,22,23). The predicted octanol–water partition coefficient (Wildman–Crippen LogP) is 2.99. The summed E-state index contributed by atoms with van der Waals surface area (Å²) in [7, 11) is 0. The highest BCUT2D eigenvalue weighted by atomic mass is 15.3. The van der Waals surface area contributed by atoms with E-state index in [-0.39, 0.29) is 0 Å². The number of nitrogens with two attached hydrogens (primary N) is 1. The van der Waals surface area contributed by atoms with Crippen LogP contribution < -0.4 is 10.6 Å². The molecule has 1 unspecified atom stereocenters. The lowest BCUT2D eigenvalue weighted by Crippen LogP contribution is -2.28. The van der Waals surface area contributed by atoms with Gasteiger partial charge in [-0.2, -0.15) is 5.10 Å². The minimum absolute atomic E-state index is 0.455. The molecule has 1 aliphatic rings. The first-order valence-corrected chi connectivity index (χ1v) is 9.28. The molecule has 2 N–H and O–H groups in total. The summed E-state index contributed by atoms with van der Waals surface area (Å²) in [5, 5.41) is 6.42. The van der Waals surface area contributed by atoms with Crippen molar-refractivity contribution in [1.29, 1.82) is 0 Å². The summed E-state index contributed by atoms with van der Waals surface area (Å²) in [4.78, 5) is 15.9. The van der Waals surface area contributed by atoms with Crippen LogP contribution >= 0.6 is 0 Å². The van der Waals surface area contributed by atoms with Gasteiger partial charge in [0.25, 0.3) is 0 Å². The van der Waals surface area contributed by atoms with Gasteiger partial charge >= 0.3 is 0 Å². The van der Waals surface area contributed by atoms with Crippen LogP contribution in [0.25, 0.3) is 21.9 Å². The Hall–Kier alpha value is -3.22. The molecule has 5 rings (SSSR count). The van der Waals surface area contributed by atoms with Crippen LogP contribution in [0.2, 0.25) is 0 Å². The Morgan fingerprint density at radius 2 is 2.11 bits per heavy atom. The first kappa shape index (κ1) is 16.0. The van der Waals surface area contributed by atoms with Crippen LogP contribution in [0.3, 0.4) is 0 Å². The summed E-state index contributed by atoms with van der Waals surface area (Å²) in [5.41, 5.74) is 8.87. The minimum atomic E-state index is 0.455. The van der Waals surface area contributed by atoms with Crippen molar-refractivity contribution in [1.82, 2.24) is 24.7 Å². The van der Waals surface area contributed by atoms with E-state index in [1.165, 1.54) is 19.2 Å². The predicted molar refractivity (Wildman–Crippen MR) is 107 cm³/mol. The summed E-state index contributed by atoms with van der Waals surface area (Å²) in [5.74, 6) is 1.50. The number of pyridine rings is 1. The zero-order valence-electron chi connectivity index (χ0n) is 15.2. The molecule has 136 valence electrons. The molecule has 7 heteroatoms. The number of anilines is 2. The van der Waals surface area contributed by atoms with Crippen LogP contribution in [0.4, 0.5) is 11.6 Å². The molecule has 1 aromatic carbocycles. The van der Waals surface area contributed by atoms with Crippen LogP contribution in [-0.4, -0.2) is 37.3 Å². The Labute approximate surface area is 156 Å². The lowest BCUT2D eigenvalue weighted by molar-refractivity contribution is 0.686. The van der Waals surface area contributed by atoms with Gasteiger partial charge in [0.1, 0.15) is 18.0 Å². The maximum atomic E-state index is 5.96. The summed E-state index contributed by atoms with van der Waals surface area (Å²) >= 11 is 0. The molecule has 0 radical (unpaired) electrons. The maximum absolute atomic E-state index is 5.96. The highest BCUT2D eigenvalue weighted by Gasteiger charge is 2.25. The second-order valence-electron chi connectivity index (χ2n) is 7.15. The number of nitrogens with zero attached hydrogens (tertiary/aromatic N) is 6. The zero-order chi connectivity index (χ0) is 18.4.